The Morgan fingerprint density at radius 2 is 1.71 bits per heavy atom. The normalized spacial score (nSPS) is 22.8. The van der Waals surface area contributed by atoms with Gasteiger partial charge in [0.05, 0.1) is 12.3 Å². The number of nitrogens with two attached hydrogens (primary N) is 2. The third-order valence-electron chi connectivity index (χ3n) is 8.35. The van der Waals surface area contributed by atoms with E-state index in [1.807, 2.05) is 4.90 Å². The molecule has 42 heavy (non-hydrogen) atoms. The minimum absolute atomic E-state index is 0.0141. The molecule has 0 bridgehead atoms. The summed E-state index contributed by atoms with van der Waals surface area (Å²) in [7, 11) is -3.26. The highest BCUT2D eigenvalue weighted by molar-refractivity contribution is 7.88. The molecular formula is C26H36ClN9O5S. The van der Waals surface area contributed by atoms with Crippen LogP contribution in [0, 0.1) is 11.3 Å². The number of hydrogen-bond acceptors (Lipinski definition) is 8. The number of carbonyl (C=O) groups excluding carboxylic acids is 2. The van der Waals surface area contributed by atoms with Gasteiger partial charge in [0, 0.05) is 63.3 Å². The Hall–Kier alpha value is -3.40. The zero-order valence-corrected chi connectivity index (χ0v) is 24.9. The molecule has 0 aliphatic carbocycles. The summed E-state index contributed by atoms with van der Waals surface area (Å²) in [6, 6.07) is 6.29. The number of aromatic amines is 1. The summed E-state index contributed by atoms with van der Waals surface area (Å²) in [5.41, 5.74) is 11.9. The summed E-state index contributed by atoms with van der Waals surface area (Å²) in [5, 5.41) is 8.03. The van der Waals surface area contributed by atoms with Crippen molar-refractivity contribution in [1.82, 2.24) is 29.0 Å². The second-order valence-corrected chi connectivity index (χ2v) is 13.3. The van der Waals surface area contributed by atoms with E-state index in [1.54, 1.807) is 29.2 Å². The molecule has 1 aromatic carbocycles. The fraction of sp³-hybridized carbons (Fsp3) is 0.538. The van der Waals surface area contributed by atoms with Gasteiger partial charge in [0.15, 0.2) is 5.96 Å². The Kier molecular flexibility index (Phi) is 8.64. The van der Waals surface area contributed by atoms with E-state index in [0.29, 0.717) is 93.1 Å². The molecule has 16 heteroatoms. The van der Waals surface area contributed by atoms with Crippen molar-refractivity contribution >= 4 is 39.6 Å². The van der Waals surface area contributed by atoms with Gasteiger partial charge in [-0.2, -0.15) is 4.31 Å². The first-order valence-electron chi connectivity index (χ1n) is 13.8. The van der Waals surface area contributed by atoms with E-state index in [9.17, 15) is 18.0 Å². The van der Waals surface area contributed by atoms with Crippen LogP contribution < -0.4 is 16.2 Å². The number of H-pyrrole nitrogens is 1. The number of primary amides is 1. The molecule has 3 aliphatic heterocycles. The highest BCUT2D eigenvalue weighted by atomic mass is 35.5. The Morgan fingerprint density at radius 3 is 2.29 bits per heavy atom. The molecule has 3 aliphatic rings. The van der Waals surface area contributed by atoms with Crippen LogP contribution in [-0.4, -0.2) is 113 Å². The summed E-state index contributed by atoms with van der Waals surface area (Å²) in [6.45, 7) is 3.55. The second kappa shape index (κ2) is 12.1. The number of amides is 2. The van der Waals surface area contributed by atoms with E-state index in [2.05, 4.69) is 9.88 Å². The average Bonchev–Trinajstić information content (AvgIpc) is 3.56. The molecular weight excluding hydrogens is 586 g/mol. The number of sulfonamides is 1. The quantitative estimate of drug-likeness (QED) is 0.269. The highest BCUT2D eigenvalue weighted by Crippen LogP contribution is 2.38. The molecule has 0 unspecified atom stereocenters. The van der Waals surface area contributed by atoms with E-state index in [1.165, 1.54) is 10.6 Å². The van der Waals surface area contributed by atoms with Crippen molar-refractivity contribution in [2.24, 2.45) is 17.4 Å². The Balaban J connectivity index is 1.37. The standard InChI is InChI=1S/C26H36ClN9O5S/c1-42(39,40)35-12-10-33(11-13-35)18-14-20(36(15-18)24(37)17-6-8-34(9-7-17)25(28)29)23-31-21(22(27)32-23)16-2-4-19(5-3-16)41-26(30)38/h2-5,17-18,20H,6-15H2,1H3,(H3,28,29)(H2,30,38)(H,31,32)/t18-,20-/m0/s1. The molecule has 2 atom stereocenters. The first-order valence-corrected chi connectivity index (χ1v) is 16.0. The molecule has 4 heterocycles. The minimum Gasteiger partial charge on any atom is -0.411 e. The number of carbonyl (C=O) groups is 2. The van der Waals surface area contributed by atoms with E-state index in [-0.39, 0.29) is 29.9 Å². The van der Waals surface area contributed by atoms with Gasteiger partial charge in [-0.3, -0.25) is 15.1 Å². The Morgan fingerprint density at radius 1 is 1.07 bits per heavy atom. The fourth-order valence-electron chi connectivity index (χ4n) is 6.10. The lowest BCUT2D eigenvalue weighted by atomic mass is 9.95. The van der Waals surface area contributed by atoms with Crippen molar-refractivity contribution in [2.75, 3.05) is 52.1 Å². The van der Waals surface area contributed by atoms with Crippen molar-refractivity contribution in [1.29, 1.82) is 5.41 Å². The molecule has 5 rings (SSSR count). The third-order valence-corrected chi connectivity index (χ3v) is 9.92. The van der Waals surface area contributed by atoms with Gasteiger partial charge in [0.2, 0.25) is 15.9 Å². The Bertz CT molecular complexity index is 1430. The molecule has 3 saturated heterocycles. The zero-order chi connectivity index (χ0) is 30.2. The lowest BCUT2D eigenvalue weighted by molar-refractivity contribution is -0.138. The van der Waals surface area contributed by atoms with Crippen LogP contribution >= 0.6 is 11.6 Å². The molecule has 6 N–H and O–H groups in total. The van der Waals surface area contributed by atoms with Crippen LogP contribution in [0.4, 0.5) is 4.79 Å². The second-order valence-electron chi connectivity index (χ2n) is 11.0. The number of ether oxygens (including phenoxy) is 1. The van der Waals surface area contributed by atoms with Gasteiger partial charge in [-0.25, -0.2) is 18.2 Å². The number of halogens is 1. The third kappa shape index (κ3) is 6.48. The van der Waals surface area contributed by atoms with Crippen molar-refractivity contribution in [2.45, 2.75) is 31.3 Å². The fourth-order valence-corrected chi connectivity index (χ4v) is 7.17. The number of guanidine groups is 1. The maximum Gasteiger partial charge on any atom is 0.409 e. The van der Waals surface area contributed by atoms with Crippen molar-refractivity contribution < 1.29 is 22.7 Å². The maximum atomic E-state index is 13.9. The van der Waals surface area contributed by atoms with Crippen LogP contribution in [0.2, 0.25) is 5.15 Å². The van der Waals surface area contributed by atoms with Crippen LogP contribution in [0.15, 0.2) is 24.3 Å². The van der Waals surface area contributed by atoms with Gasteiger partial charge >= 0.3 is 6.09 Å². The van der Waals surface area contributed by atoms with E-state index in [0.717, 1.165) is 0 Å². The summed E-state index contributed by atoms with van der Waals surface area (Å²) >= 11 is 6.61. The molecule has 3 fully saturated rings. The molecule has 0 radical (unpaired) electrons. The predicted molar refractivity (Wildman–Crippen MR) is 156 cm³/mol. The van der Waals surface area contributed by atoms with Crippen LogP contribution in [0.3, 0.4) is 0 Å². The van der Waals surface area contributed by atoms with Crippen molar-refractivity contribution in [3.05, 3.63) is 35.2 Å². The average molecular weight is 622 g/mol. The number of benzene rings is 1. The van der Waals surface area contributed by atoms with Crippen molar-refractivity contribution in [3.63, 3.8) is 0 Å². The number of imidazole rings is 1. The topological polar surface area (TPSA) is 195 Å². The lowest BCUT2D eigenvalue weighted by Crippen LogP contribution is -2.52. The van der Waals surface area contributed by atoms with E-state index < -0.39 is 16.1 Å². The maximum absolute atomic E-state index is 13.9. The Labute approximate surface area is 249 Å². The molecule has 0 spiro atoms. The number of likely N-dealkylation sites (tertiary alicyclic amines) is 2. The number of rotatable bonds is 6. The molecule has 14 nitrogen and oxygen atoms in total. The van der Waals surface area contributed by atoms with Crippen LogP contribution in [0.1, 0.15) is 31.1 Å². The number of piperazine rings is 1. The summed E-state index contributed by atoms with van der Waals surface area (Å²) in [4.78, 5) is 38.9. The van der Waals surface area contributed by atoms with Crippen molar-refractivity contribution in [3.8, 4) is 17.0 Å². The zero-order valence-electron chi connectivity index (χ0n) is 23.3. The first-order chi connectivity index (χ1) is 19.9. The molecule has 2 aromatic rings. The van der Waals surface area contributed by atoms with Gasteiger partial charge in [-0.1, -0.05) is 11.6 Å². The smallest absolute Gasteiger partial charge is 0.409 e. The summed E-state index contributed by atoms with van der Waals surface area (Å²) < 4.78 is 30.4. The van der Waals surface area contributed by atoms with Crippen LogP contribution in [0.25, 0.3) is 11.3 Å². The van der Waals surface area contributed by atoms with E-state index in [4.69, 9.17) is 38.2 Å². The van der Waals surface area contributed by atoms with Gasteiger partial charge in [-0.15, -0.1) is 0 Å². The highest BCUT2D eigenvalue weighted by Gasteiger charge is 2.43. The summed E-state index contributed by atoms with van der Waals surface area (Å²) in [5.74, 6) is 0.703. The number of aromatic nitrogens is 2. The monoisotopic (exact) mass is 621 g/mol. The molecule has 1 aromatic heterocycles. The minimum atomic E-state index is -3.26. The largest absolute Gasteiger partial charge is 0.411 e. The molecule has 0 saturated carbocycles. The number of nitrogens with zero attached hydrogens (tertiary/aromatic N) is 5. The molecule has 228 valence electrons. The van der Waals surface area contributed by atoms with Gasteiger partial charge in [-0.05, 0) is 43.5 Å². The van der Waals surface area contributed by atoms with Gasteiger partial charge < -0.3 is 31.0 Å². The van der Waals surface area contributed by atoms with Crippen LogP contribution in [-0.2, 0) is 14.8 Å². The predicted octanol–water partition coefficient (Wildman–Crippen LogP) is 1.01. The number of piperidine rings is 1. The van der Waals surface area contributed by atoms with E-state index >= 15 is 0 Å². The van der Waals surface area contributed by atoms with Gasteiger partial charge in [0.25, 0.3) is 0 Å². The SMILES string of the molecule is CS(=O)(=O)N1CCN([C@H]2C[C@@H](c3nc(-c4ccc(OC(N)=O)cc4)c(Cl)[nH]3)N(C(=O)C3CCN(C(=N)N)CC3)C2)CC1. The first kappa shape index (κ1) is 30.1. The number of nitrogens with one attached hydrogen (secondary N) is 2. The van der Waals surface area contributed by atoms with Gasteiger partial charge in [0.1, 0.15) is 22.4 Å². The number of hydrogen-bond donors (Lipinski definition) is 4. The summed E-state index contributed by atoms with van der Waals surface area (Å²) in [6.07, 6.45) is 2.13. The lowest BCUT2D eigenvalue weighted by Gasteiger charge is -2.37. The molecule has 2 amide bonds. The van der Waals surface area contributed by atoms with Crippen LogP contribution in [0.5, 0.6) is 5.75 Å².